The van der Waals surface area contributed by atoms with Crippen LogP contribution < -0.4 is 10.1 Å². The summed E-state index contributed by atoms with van der Waals surface area (Å²) in [4.78, 5) is 24.9. The molecule has 1 aromatic rings. The number of esters is 1. The third-order valence-electron chi connectivity index (χ3n) is 4.34. The Morgan fingerprint density at radius 3 is 2.32 bits per heavy atom. The minimum Gasteiger partial charge on any atom is -0.490 e. The molecular formula is C20H29NO4. The van der Waals surface area contributed by atoms with Crippen LogP contribution in [0.2, 0.25) is 0 Å². The van der Waals surface area contributed by atoms with Crippen molar-refractivity contribution in [3.05, 3.63) is 30.3 Å². The van der Waals surface area contributed by atoms with Gasteiger partial charge < -0.3 is 14.8 Å². The monoisotopic (exact) mass is 347 g/mol. The van der Waals surface area contributed by atoms with Crippen LogP contribution in [-0.4, -0.2) is 30.6 Å². The van der Waals surface area contributed by atoms with Gasteiger partial charge in [-0.25, -0.2) is 0 Å². The van der Waals surface area contributed by atoms with Crippen LogP contribution >= 0.6 is 0 Å². The molecule has 25 heavy (non-hydrogen) atoms. The molecule has 0 aromatic heterocycles. The highest BCUT2D eigenvalue weighted by molar-refractivity contribution is 5.86. The number of benzene rings is 1. The van der Waals surface area contributed by atoms with E-state index >= 15 is 0 Å². The summed E-state index contributed by atoms with van der Waals surface area (Å²) >= 11 is 0. The lowest BCUT2D eigenvalue weighted by atomic mass is 9.82. The second-order valence-corrected chi connectivity index (χ2v) is 7.76. The van der Waals surface area contributed by atoms with Gasteiger partial charge in [-0.05, 0) is 45.7 Å². The molecule has 0 saturated heterocycles. The number of nitrogens with one attached hydrogen (secondary N) is 1. The summed E-state index contributed by atoms with van der Waals surface area (Å²) < 4.78 is 11.0. The van der Waals surface area contributed by atoms with E-state index in [1.807, 2.05) is 51.1 Å². The van der Waals surface area contributed by atoms with Crippen molar-refractivity contribution < 1.29 is 19.1 Å². The average molecular weight is 347 g/mol. The number of hydrogen-bond acceptors (Lipinski definition) is 4. The van der Waals surface area contributed by atoms with Gasteiger partial charge in [0, 0.05) is 12.0 Å². The Balaban J connectivity index is 1.84. The van der Waals surface area contributed by atoms with E-state index in [2.05, 4.69) is 5.32 Å². The largest absolute Gasteiger partial charge is 0.490 e. The summed E-state index contributed by atoms with van der Waals surface area (Å²) in [7, 11) is 0. The highest BCUT2D eigenvalue weighted by Crippen LogP contribution is 2.42. The molecule has 138 valence electrons. The van der Waals surface area contributed by atoms with Crippen LogP contribution in [0.4, 0.5) is 0 Å². The molecule has 0 atom stereocenters. The Kier molecular flexibility index (Phi) is 6.45. The zero-order chi connectivity index (χ0) is 18.3. The van der Waals surface area contributed by atoms with Crippen molar-refractivity contribution in [1.82, 2.24) is 5.32 Å². The molecule has 5 heteroatoms. The summed E-state index contributed by atoms with van der Waals surface area (Å²) in [6.07, 6.45) is 3.53. The highest BCUT2D eigenvalue weighted by Gasteiger charge is 2.44. The zero-order valence-corrected chi connectivity index (χ0v) is 15.5. The molecule has 0 unspecified atom stereocenters. The van der Waals surface area contributed by atoms with Crippen LogP contribution in [-0.2, 0) is 14.3 Å². The Hall–Kier alpha value is -2.04. The Morgan fingerprint density at radius 2 is 1.72 bits per heavy atom. The molecule has 0 aliphatic heterocycles. The third kappa shape index (κ3) is 6.07. The van der Waals surface area contributed by atoms with Crippen molar-refractivity contribution in [2.24, 2.45) is 5.41 Å². The average Bonchev–Trinajstić information content (AvgIpc) is 3.00. The van der Waals surface area contributed by atoms with E-state index in [4.69, 9.17) is 9.47 Å². The normalized spacial score (nSPS) is 16.3. The molecule has 1 aromatic carbocycles. The molecule has 1 amide bonds. The molecule has 0 bridgehead atoms. The molecule has 1 saturated carbocycles. The summed E-state index contributed by atoms with van der Waals surface area (Å²) in [5.41, 5.74) is -0.980. The molecule has 0 spiro atoms. The predicted octanol–water partition coefficient (Wildman–Crippen LogP) is 3.47. The molecule has 1 aliphatic rings. The van der Waals surface area contributed by atoms with Gasteiger partial charge in [0.25, 0.3) is 0 Å². The van der Waals surface area contributed by atoms with Crippen LogP contribution in [0.3, 0.4) is 0 Å². The SMILES string of the molecule is CC(C)(C)NC(=O)CC1(C(=O)OCCOc2ccccc2)CCCC1. The Bertz CT molecular complexity index is 571. The first-order chi connectivity index (χ1) is 11.8. The number of amides is 1. The first-order valence-electron chi connectivity index (χ1n) is 8.97. The van der Waals surface area contributed by atoms with Gasteiger partial charge in [0.2, 0.25) is 5.91 Å². The van der Waals surface area contributed by atoms with Gasteiger partial charge in [-0.15, -0.1) is 0 Å². The second-order valence-electron chi connectivity index (χ2n) is 7.76. The first kappa shape index (κ1) is 19.3. The maximum Gasteiger partial charge on any atom is 0.312 e. The minimum absolute atomic E-state index is 0.0908. The van der Waals surface area contributed by atoms with Gasteiger partial charge in [-0.2, -0.15) is 0 Å². The fraction of sp³-hybridized carbons (Fsp3) is 0.600. The van der Waals surface area contributed by atoms with Gasteiger partial charge >= 0.3 is 5.97 Å². The van der Waals surface area contributed by atoms with Crippen molar-refractivity contribution in [2.45, 2.75) is 58.4 Å². The maximum atomic E-state index is 12.6. The number of ether oxygens (including phenoxy) is 2. The quantitative estimate of drug-likeness (QED) is 0.606. The number of hydrogen-bond donors (Lipinski definition) is 1. The number of rotatable bonds is 7. The van der Waals surface area contributed by atoms with Crippen LogP contribution in [0.5, 0.6) is 5.75 Å². The Morgan fingerprint density at radius 1 is 1.08 bits per heavy atom. The standard InChI is InChI=1S/C20H29NO4/c1-19(2,3)21-17(22)15-20(11-7-8-12-20)18(23)25-14-13-24-16-9-5-4-6-10-16/h4-6,9-10H,7-8,11-15H2,1-3H3,(H,21,22). The van der Waals surface area contributed by atoms with Crippen molar-refractivity contribution in [3.63, 3.8) is 0 Å². The van der Waals surface area contributed by atoms with Gasteiger partial charge in [-0.3, -0.25) is 9.59 Å². The van der Waals surface area contributed by atoms with Crippen LogP contribution in [0.15, 0.2) is 30.3 Å². The third-order valence-corrected chi connectivity index (χ3v) is 4.34. The van der Waals surface area contributed by atoms with E-state index in [0.29, 0.717) is 19.4 Å². The molecular weight excluding hydrogens is 318 g/mol. The lowest BCUT2D eigenvalue weighted by Crippen LogP contribution is -2.44. The smallest absolute Gasteiger partial charge is 0.312 e. The Labute approximate surface area is 150 Å². The minimum atomic E-state index is -0.678. The molecule has 0 radical (unpaired) electrons. The fourth-order valence-corrected chi connectivity index (χ4v) is 3.24. The second kappa shape index (κ2) is 8.37. The van der Waals surface area contributed by atoms with Gasteiger partial charge in [-0.1, -0.05) is 31.0 Å². The topological polar surface area (TPSA) is 64.6 Å². The molecule has 2 rings (SSSR count). The lowest BCUT2D eigenvalue weighted by molar-refractivity contribution is -0.158. The van der Waals surface area contributed by atoms with E-state index in [-0.39, 0.29) is 30.4 Å². The zero-order valence-electron chi connectivity index (χ0n) is 15.5. The van der Waals surface area contributed by atoms with Crippen LogP contribution in [0.1, 0.15) is 52.9 Å². The summed E-state index contributed by atoms with van der Waals surface area (Å²) in [6, 6.07) is 9.42. The van der Waals surface area contributed by atoms with Gasteiger partial charge in [0.1, 0.15) is 19.0 Å². The van der Waals surface area contributed by atoms with Crippen LogP contribution in [0.25, 0.3) is 0 Å². The van der Waals surface area contributed by atoms with Crippen molar-refractivity contribution in [1.29, 1.82) is 0 Å². The van der Waals surface area contributed by atoms with E-state index in [9.17, 15) is 9.59 Å². The number of carbonyl (C=O) groups is 2. The number of carbonyl (C=O) groups excluding carboxylic acids is 2. The van der Waals surface area contributed by atoms with Crippen LogP contribution in [0, 0.1) is 5.41 Å². The predicted molar refractivity (Wildman–Crippen MR) is 96.3 cm³/mol. The molecule has 1 fully saturated rings. The molecule has 1 N–H and O–H groups in total. The van der Waals surface area contributed by atoms with E-state index in [0.717, 1.165) is 18.6 Å². The van der Waals surface area contributed by atoms with Crippen molar-refractivity contribution in [2.75, 3.05) is 13.2 Å². The summed E-state index contributed by atoms with van der Waals surface area (Å²) in [5.74, 6) is 0.385. The highest BCUT2D eigenvalue weighted by atomic mass is 16.6. The fourth-order valence-electron chi connectivity index (χ4n) is 3.24. The summed E-state index contributed by atoms with van der Waals surface area (Å²) in [5, 5.41) is 2.94. The molecule has 0 heterocycles. The van der Waals surface area contributed by atoms with Gasteiger partial charge in [0.15, 0.2) is 0 Å². The van der Waals surface area contributed by atoms with Gasteiger partial charge in [0.05, 0.1) is 5.41 Å². The summed E-state index contributed by atoms with van der Waals surface area (Å²) in [6.45, 7) is 6.30. The van der Waals surface area contributed by atoms with E-state index < -0.39 is 5.41 Å². The lowest BCUT2D eigenvalue weighted by Gasteiger charge is -2.28. The first-order valence-corrected chi connectivity index (χ1v) is 8.97. The molecule has 1 aliphatic carbocycles. The van der Waals surface area contributed by atoms with Crippen molar-refractivity contribution >= 4 is 11.9 Å². The number of para-hydroxylation sites is 1. The maximum absolute atomic E-state index is 12.6. The van der Waals surface area contributed by atoms with E-state index in [1.165, 1.54) is 0 Å². The van der Waals surface area contributed by atoms with Crippen molar-refractivity contribution in [3.8, 4) is 5.75 Å². The molecule has 5 nitrogen and oxygen atoms in total. The van der Waals surface area contributed by atoms with E-state index in [1.54, 1.807) is 0 Å².